The highest BCUT2D eigenvalue weighted by Gasteiger charge is 2.21. The standard InChI is InChI=1S/C45H27N3O2/c1-3-11-28(12-4-1)29-19-21-31(22-20-29)44-46-43(30-13-5-2-6-14-30)47-45(48-44)37-26-25-33(42-41(37)36-16-8-10-18-39(36)50-42)32-23-24-35-34-15-7-9-17-38(34)49-40(35)27-32/h1-27H. The van der Waals surface area contributed by atoms with Crippen molar-refractivity contribution < 1.29 is 8.83 Å². The van der Waals surface area contributed by atoms with Crippen LogP contribution < -0.4 is 0 Å². The molecule has 0 saturated heterocycles. The summed E-state index contributed by atoms with van der Waals surface area (Å²) < 4.78 is 12.9. The van der Waals surface area contributed by atoms with Crippen molar-refractivity contribution in [3.05, 3.63) is 164 Å². The van der Waals surface area contributed by atoms with Crippen molar-refractivity contribution in [2.45, 2.75) is 0 Å². The maximum Gasteiger partial charge on any atom is 0.164 e. The first-order valence-electron chi connectivity index (χ1n) is 16.6. The van der Waals surface area contributed by atoms with Crippen LogP contribution in [0, 0.1) is 0 Å². The Morgan fingerprint density at radius 3 is 1.56 bits per heavy atom. The van der Waals surface area contributed by atoms with Crippen LogP contribution in [0.3, 0.4) is 0 Å². The lowest BCUT2D eigenvalue weighted by Gasteiger charge is -2.11. The van der Waals surface area contributed by atoms with E-state index in [9.17, 15) is 0 Å². The van der Waals surface area contributed by atoms with Crippen LogP contribution >= 0.6 is 0 Å². The van der Waals surface area contributed by atoms with Crippen molar-refractivity contribution in [2.75, 3.05) is 0 Å². The smallest absolute Gasteiger partial charge is 0.164 e. The van der Waals surface area contributed by atoms with E-state index in [2.05, 4.69) is 91.0 Å². The molecule has 5 heteroatoms. The molecule has 0 amide bonds. The molecule has 0 spiro atoms. The van der Waals surface area contributed by atoms with Gasteiger partial charge in [-0.15, -0.1) is 0 Å². The summed E-state index contributed by atoms with van der Waals surface area (Å²) in [6, 6.07) is 55.7. The molecule has 7 aromatic carbocycles. The highest BCUT2D eigenvalue weighted by molar-refractivity contribution is 6.16. The molecule has 3 heterocycles. The number of hydrogen-bond acceptors (Lipinski definition) is 5. The Kier molecular flexibility index (Phi) is 6.42. The van der Waals surface area contributed by atoms with Gasteiger partial charge in [-0.05, 0) is 53.1 Å². The van der Waals surface area contributed by atoms with Crippen LogP contribution in [0.25, 0.3) is 100 Å². The molecule has 0 aliphatic heterocycles. The number of rotatable bonds is 5. The van der Waals surface area contributed by atoms with Gasteiger partial charge in [-0.1, -0.05) is 127 Å². The fraction of sp³-hybridized carbons (Fsp3) is 0. The number of fused-ring (bicyclic) bond motifs is 6. The van der Waals surface area contributed by atoms with Gasteiger partial charge in [0, 0.05) is 43.8 Å². The third kappa shape index (κ3) is 4.67. The predicted octanol–water partition coefficient (Wildman–Crippen LogP) is 12.0. The molecule has 0 saturated carbocycles. The van der Waals surface area contributed by atoms with Gasteiger partial charge in [0.2, 0.25) is 0 Å². The van der Waals surface area contributed by atoms with Gasteiger partial charge in [-0.3, -0.25) is 0 Å². The van der Waals surface area contributed by atoms with Gasteiger partial charge in [0.15, 0.2) is 17.5 Å². The fourth-order valence-electron chi connectivity index (χ4n) is 6.92. The summed E-state index contributed by atoms with van der Waals surface area (Å²) in [6.07, 6.45) is 0. The Labute approximate surface area is 287 Å². The topological polar surface area (TPSA) is 65.0 Å². The van der Waals surface area contributed by atoms with Crippen LogP contribution in [0.5, 0.6) is 0 Å². The summed E-state index contributed by atoms with van der Waals surface area (Å²) in [7, 11) is 0. The van der Waals surface area contributed by atoms with Crippen LogP contribution in [0.4, 0.5) is 0 Å². The number of aromatic nitrogens is 3. The Bertz CT molecular complexity index is 2850. The van der Waals surface area contributed by atoms with Gasteiger partial charge >= 0.3 is 0 Å². The van der Waals surface area contributed by atoms with Gasteiger partial charge in [-0.2, -0.15) is 0 Å². The quantitative estimate of drug-likeness (QED) is 0.187. The normalized spacial score (nSPS) is 11.6. The van der Waals surface area contributed by atoms with Gasteiger partial charge in [-0.25, -0.2) is 15.0 Å². The number of furan rings is 2. The maximum atomic E-state index is 6.65. The minimum Gasteiger partial charge on any atom is -0.456 e. The summed E-state index contributed by atoms with van der Waals surface area (Å²) in [6.45, 7) is 0. The molecular weight excluding hydrogens is 615 g/mol. The van der Waals surface area contributed by atoms with Crippen molar-refractivity contribution in [2.24, 2.45) is 0 Å². The molecule has 0 aliphatic carbocycles. The Balaban J connectivity index is 1.17. The Hall–Kier alpha value is -6.85. The molecule has 234 valence electrons. The Morgan fingerprint density at radius 1 is 0.320 bits per heavy atom. The molecule has 0 atom stereocenters. The van der Waals surface area contributed by atoms with Crippen LogP contribution in [-0.4, -0.2) is 15.0 Å². The maximum absolute atomic E-state index is 6.65. The van der Waals surface area contributed by atoms with Gasteiger partial charge in [0.1, 0.15) is 22.3 Å². The van der Waals surface area contributed by atoms with Crippen LogP contribution in [0.15, 0.2) is 173 Å². The second-order valence-electron chi connectivity index (χ2n) is 12.4. The number of para-hydroxylation sites is 2. The van der Waals surface area contributed by atoms with Crippen molar-refractivity contribution >= 4 is 43.9 Å². The highest BCUT2D eigenvalue weighted by atomic mass is 16.3. The molecule has 10 rings (SSSR count). The average molecular weight is 642 g/mol. The van der Waals surface area contributed by atoms with Crippen molar-refractivity contribution in [3.63, 3.8) is 0 Å². The summed E-state index contributed by atoms with van der Waals surface area (Å²) in [4.78, 5) is 15.2. The number of hydrogen-bond donors (Lipinski definition) is 0. The van der Waals surface area contributed by atoms with E-state index in [1.165, 1.54) is 0 Å². The Morgan fingerprint density at radius 2 is 0.820 bits per heavy atom. The monoisotopic (exact) mass is 641 g/mol. The largest absolute Gasteiger partial charge is 0.456 e. The highest BCUT2D eigenvalue weighted by Crippen LogP contribution is 2.42. The van der Waals surface area contributed by atoms with E-state index in [4.69, 9.17) is 23.8 Å². The van der Waals surface area contributed by atoms with Gasteiger partial charge in [0.05, 0.1) is 0 Å². The SMILES string of the molecule is c1ccc(-c2ccc(-c3nc(-c4ccccc4)nc(-c4ccc(-c5ccc6c(c5)oc5ccccc56)c5oc6ccccc6c45)n3)cc2)cc1. The molecule has 0 aliphatic rings. The molecule has 0 radical (unpaired) electrons. The molecular formula is C45H27N3O2. The molecule has 50 heavy (non-hydrogen) atoms. The van der Waals surface area contributed by atoms with Crippen molar-refractivity contribution in [3.8, 4) is 56.4 Å². The summed E-state index contributed by atoms with van der Waals surface area (Å²) in [5, 5.41) is 4.15. The third-order valence-electron chi connectivity index (χ3n) is 9.37. The molecule has 0 unspecified atom stereocenters. The van der Waals surface area contributed by atoms with Crippen LogP contribution in [0.2, 0.25) is 0 Å². The van der Waals surface area contributed by atoms with E-state index in [-0.39, 0.29) is 0 Å². The molecule has 5 nitrogen and oxygen atoms in total. The zero-order valence-corrected chi connectivity index (χ0v) is 26.7. The molecule has 10 aromatic rings. The lowest BCUT2D eigenvalue weighted by molar-refractivity contribution is 0.668. The average Bonchev–Trinajstić information content (AvgIpc) is 3.77. The number of benzene rings is 7. The lowest BCUT2D eigenvalue weighted by Crippen LogP contribution is -2.00. The van der Waals surface area contributed by atoms with Gasteiger partial charge < -0.3 is 8.83 Å². The number of nitrogens with zero attached hydrogens (tertiary/aromatic N) is 3. The molecule has 0 bridgehead atoms. The van der Waals surface area contributed by atoms with E-state index in [1.54, 1.807) is 0 Å². The zero-order chi connectivity index (χ0) is 33.0. The zero-order valence-electron chi connectivity index (χ0n) is 26.7. The first-order valence-corrected chi connectivity index (χ1v) is 16.6. The summed E-state index contributed by atoms with van der Waals surface area (Å²) >= 11 is 0. The predicted molar refractivity (Wildman–Crippen MR) is 202 cm³/mol. The van der Waals surface area contributed by atoms with E-state index >= 15 is 0 Å². The second-order valence-corrected chi connectivity index (χ2v) is 12.4. The molecule has 3 aromatic heterocycles. The molecule has 0 fully saturated rings. The third-order valence-corrected chi connectivity index (χ3v) is 9.37. The summed E-state index contributed by atoms with van der Waals surface area (Å²) in [5.41, 5.74) is 10.3. The lowest BCUT2D eigenvalue weighted by atomic mass is 9.97. The first kappa shape index (κ1) is 28.2. The minimum absolute atomic E-state index is 0.580. The van der Waals surface area contributed by atoms with Crippen LogP contribution in [-0.2, 0) is 0 Å². The van der Waals surface area contributed by atoms with Crippen molar-refractivity contribution in [1.29, 1.82) is 0 Å². The van der Waals surface area contributed by atoms with Gasteiger partial charge in [0.25, 0.3) is 0 Å². The molecule has 0 N–H and O–H groups in total. The fourth-order valence-corrected chi connectivity index (χ4v) is 6.92. The minimum atomic E-state index is 0.580. The van der Waals surface area contributed by atoms with Crippen molar-refractivity contribution in [1.82, 2.24) is 15.0 Å². The van der Waals surface area contributed by atoms with E-state index in [1.807, 2.05) is 72.8 Å². The van der Waals surface area contributed by atoms with E-state index < -0.39 is 0 Å². The first-order chi connectivity index (χ1) is 24.8. The summed E-state index contributed by atoms with van der Waals surface area (Å²) in [5.74, 6) is 1.80. The second kappa shape index (κ2) is 11.4. The van der Waals surface area contributed by atoms with E-state index in [0.717, 1.165) is 82.8 Å². The van der Waals surface area contributed by atoms with Crippen LogP contribution in [0.1, 0.15) is 0 Å². The van der Waals surface area contributed by atoms with E-state index in [0.29, 0.717) is 17.5 Å².